The van der Waals surface area contributed by atoms with Crippen molar-refractivity contribution in [2.24, 2.45) is 0 Å². The molecule has 1 heterocycles. The SMILES string of the molecule is O=C(Nc1ccc(Br)cc1)C(=Cc1ccco1)NC(=O)c1ccccc1. The van der Waals surface area contributed by atoms with Crippen molar-refractivity contribution in [2.45, 2.75) is 0 Å². The second kappa shape index (κ2) is 8.31. The molecule has 0 saturated carbocycles. The Bertz CT molecular complexity index is 917. The number of hydrogen-bond acceptors (Lipinski definition) is 3. The highest BCUT2D eigenvalue weighted by molar-refractivity contribution is 9.10. The van der Waals surface area contributed by atoms with Crippen LogP contribution < -0.4 is 10.6 Å². The number of carbonyl (C=O) groups is 2. The fraction of sp³-hybridized carbons (Fsp3) is 0. The minimum atomic E-state index is -0.451. The predicted molar refractivity (Wildman–Crippen MR) is 103 cm³/mol. The number of hydrogen-bond donors (Lipinski definition) is 2. The van der Waals surface area contributed by atoms with Gasteiger partial charge in [0.15, 0.2) is 0 Å². The summed E-state index contributed by atoms with van der Waals surface area (Å²) < 4.78 is 6.16. The predicted octanol–water partition coefficient (Wildman–Crippen LogP) is 4.45. The van der Waals surface area contributed by atoms with E-state index in [0.717, 1.165) is 4.47 Å². The Morgan fingerprint density at radius 2 is 1.65 bits per heavy atom. The summed E-state index contributed by atoms with van der Waals surface area (Å²) in [6.07, 6.45) is 2.98. The standard InChI is InChI=1S/C20H15BrN2O3/c21-15-8-10-16(11-9-15)22-20(25)18(13-17-7-4-12-26-17)23-19(24)14-5-2-1-3-6-14/h1-13H,(H,22,25)(H,23,24). The lowest BCUT2D eigenvalue weighted by atomic mass is 10.2. The zero-order valence-electron chi connectivity index (χ0n) is 13.6. The van der Waals surface area contributed by atoms with Crippen LogP contribution in [0.1, 0.15) is 16.1 Å². The number of furan rings is 1. The lowest BCUT2D eigenvalue weighted by molar-refractivity contribution is -0.113. The highest BCUT2D eigenvalue weighted by Gasteiger charge is 2.15. The van der Waals surface area contributed by atoms with Crippen molar-refractivity contribution in [1.29, 1.82) is 0 Å². The Labute approximate surface area is 158 Å². The number of nitrogens with one attached hydrogen (secondary N) is 2. The van der Waals surface area contributed by atoms with Gasteiger partial charge in [-0.05, 0) is 48.5 Å². The van der Waals surface area contributed by atoms with Gasteiger partial charge in [0.2, 0.25) is 0 Å². The lowest BCUT2D eigenvalue weighted by Crippen LogP contribution is -2.30. The van der Waals surface area contributed by atoms with Crippen molar-refractivity contribution in [1.82, 2.24) is 5.32 Å². The van der Waals surface area contributed by atoms with Crippen LogP contribution in [0, 0.1) is 0 Å². The summed E-state index contributed by atoms with van der Waals surface area (Å²) in [7, 11) is 0. The Morgan fingerprint density at radius 1 is 0.923 bits per heavy atom. The molecular weight excluding hydrogens is 396 g/mol. The summed E-state index contributed by atoms with van der Waals surface area (Å²) in [4.78, 5) is 25.1. The van der Waals surface area contributed by atoms with E-state index in [9.17, 15) is 9.59 Å². The van der Waals surface area contributed by atoms with E-state index < -0.39 is 5.91 Å². The van der Waals surface area contributed by atoms with E-state index in [0.29, 0.717) is 17.0 Å². The van der Waals surface area contributed by atoms with Gasteiger partial charge in [-0.15, -0.1) is 0 Å². The van der Waals surface area contributed by atoms with Crippen molar-refractivity contribution in [3.63, 3.8) is 0 Å². The largest absolute Gasteiger partial charge is 0.465 e. The molecule has 5 nitrogen and oxygen atoms in total. The van der Waals surface area contributed by atoms with Crippen molar-refractivity contribution in [3.05, 3.63) is 94.5 Å². The maximum Gasteiger partial charge on any atom is 0.272 e. The molecule has 0 bridgehead atoms. The highest BCUT2D eigenvalue weighted by atomic mass is 79.9. The van der Waals surface area contributed by atoms with Crippen molar-refractivity contribution in [3.8, 4) is 0 Å². The smallest absolute Gasteiger partial charge is 0.272 e. The molecule has 0 aliphatic rings. The lowest BCUT2D eigenvalue weighted by Gasteiger charge is -2.11. The van der Waals surface area contributed by atoms with Crippen LogP contribution in [0.3, 0.4) is 0 Å². The Kier molecular flexibility index (Phi) is 5.66. The van der Waals surface area contributed by atoms with Gasteiger partial charge in [0.25, 0.3) is 11.8 Å². The molecule has 2 aromatic carbocycles. The third-order valence-corrected chi connectivity index (χ3v) is 3.99. The molecule has 2 amide bonds. The van der Waals surface area contributed by atoms with Gasteiger partial charge >= 0.3 is 0 Å². The molecule has 3 aromatic rings. The van der Waals surface area contributed by atoms with Crippen LogP contribution in [0.4, 0.5) is 5.69 Å². The van der Waals surface area contributed by atoms with E-state index in [1.165, 1.54) is 12.3 Å². The normalized spacial score (nSPS) is 11.0. The number of halogens is 1. The fourth-order valence-electron chi connectivity index (χ4n) is 2.19. The molecule has 0 saturated heterocycles. The second-order valence-electron chi connectivity index (χ2n) is 5.35. The van der Waals surface area contributed by atoms with Gasteiger partial charge in [0.05, 0.1) is 6.26 Å². The van der Waals surface area contributed by atoms with E-state index in [2.05, 4.69) is 26.6 Å². The van der Waals surface area contributed by atoms with Gasteiger partial charge in [-0.3, -0.25) is 9.59 Å². The first-order valence-electron chi connectivity index (χ1n) is 7.80. The maximum atomic E-state index is 12.6. The van der Waals surface area contributed by atoms with E-state index in [-0.39, 0.29) is 11.6 Å². The minimum Gasteiger partial charge on any atom is -0.465 e. The van der Waals surface area contributed by atoms with Gasteiger partial charge < -0.3 is 15.1 Å². The van der Waals surface area contributed by atoms with Gasteiger partial charge in [-0.2, -0.15) is 0 Å². The summed E-state index contributed by atoms with van der Waals surface area (Å²) in [5.74, 6) is -0.373. The molecule has 0 atom stereocenters. The molecule has 3 rings (SSSR count). The van der Waals surface area contributed by atoms with Crippen LogP contribution in [0.25, 0.3) is 6.08 Å². The number of rotatable bonds is 5. The van der Waals surface area contributed by atoms with Gasteiger partial charge in [0.1, 0.15) is 11.5 Å². The number of carbonyl (C=O) groups excluding carboxylic acids is 2. The zero-order valence-corrected chi connectivity index (χ0v) is 15.2. The average Bonchev–Trinajstić information content (AvgIpc) is 3.17. The Balaban J connectivity index is 1.82. The highest BCUT2D eigenvalue weighted by Crippen LogP contribution is 2.15. The zero-order chi connectivity index (χ0) is 18.4. The van der Waals surface area contributed by atoms with Crippen LogP contribution in [0.5, 0.6) is 0 Å². The van der Waals surface area contributed by atoms with Crippen LogP contribution in [0.15, 0.2) is 87.6 Å². The van der Waals surface area contributed by atoms with E-state index in [1.807, 2.05) is 18.2 Å². The molecule has 1 aromatic heterocycles. The first-order valence-corrected chi connectivity index (χ1v) is 8.59. The third-order valence-electron chi connectivity index (χ3n) is 3.46. The van der Waals surface area contributed by atoms with E-state index >= 15 is 0 Å². The Hall–Kier alpha value is -3.12. The summed E-state index contributed by atoms with van der Waals surface area (Å²) >= 11 is 3.35. The van der Waals surface area contributed by atoms with Crippen molar-refractivity contribution >= 4 is 39.5 Å². The number of anilines is 1. The molecule has 6 heteroatoms. The molecule has 0 unspecified atom stereocenters. The first-order chi connectivity index (χ1) is 12.6. The topological polar surface area (TPSA) is 71.3 Å². The number of amides is 2. The van der Waals surface area contributed by atoms with Crippen molar-refractivity contribution in [2.75, 3.05) is 5.32 Å². The van der Waals surface area contributed by atoms with E-state index in [1.54, 1.807) is 48.5 Å². The van der Waals surface area contributed by atoms with Gasteiger partial charge in [-0.1, -0.05) is 34.1 Å². The summed E-state index contributed by atoms with van der Waals surface area (Å²) in [5, 5.41) is 5.40. The molecule has 2 N–H and O–H groups in total. The minimum absolute atomic E-state index is 0.0803. The molecule has 0 aliphatic carbocycles. The molecule has 26 heavy (non-hydrogen) atoms. The molecule has 0 radical (unpaired) electrons. The second-order valence-corrected chi connectivity index (χ2v) is 6.27. The molecule has 130 valence electrons. The average molecular weight is 411 g/mol. The summed E-state index contributed by atoms with van der Waals surface area (Å²) in [5.41, 5.74) is 1.14. The van der Waals surface area contributed by atoms with Crippen molar-refractivity contribution < 1.29 is 14.0 Å². The van der Waals surface area contributed by atoms with Crippen LogP contribution >= 0.6 is 15.9 Å². The monoisotopic (exact) mass is 410 g/mol. The van der Waals surface area contributed by atoms with Crippen LogP contribution in [-0.2, 0) is 4.79 Å². The van der Waals surface area contributed by atoms with Crippen LogP contribution in [0.2, 0.25) is 0 Å². The fourth-order valence-corrected chi connectivity index (χ4v) is 2.45. The number of benzene rings is 2. The molecule has 0 aliphatic heterocycles. The molecule has 0 spiro atoms. The first kappa shape index (κ1) is 17.7. The molecular formula is C20H15BrN2O3. The van der Waals surface area contributed by atoms with Gasteiger partial charge in [0, 0.05) is 21.8 Å². The van der Waals surface area contributed by atoms with Gasteiger partial charge in [-0.25, -0.2) is 0 Å². The summed E-state index contributed by atoms with van der Waals surface area (Å²) in [6.45, 7) is 0. The van der Waals surface area contributed by atoms with E-state index in [4.69, 9.17) is 4.42 Å². The Morgan fingerprint density at radius 3 is 2.31 bits per heavy atom. The maximum absolute atomic E-state index is 12.6. The third kappa shape index (κ3) is 4.70. The summed E-state index contributed by atoms with van der Waals surface area (Å²) in [6, 6.07) is 19.2. The molecule has 0 fully saturated rings. The van der Waals surface area contributed by atoms with Crippen LogP contribution in [-0.4, -0.2) is 11.8 Å². The quantitative estimate of drug-likeness (QED) is 0.610.